The molecule has 0 fully saturated rings. The van der Waals surface area contributed by atoms with Crippen molar-refractivity contribution >= 4 is 17.0 Å². The summed E-state index contributed by atoms with van der Waals surface area (Å²) in [7, 11) is 0. The largest absolute Gasteiger partial charge is 0.506 e. The maximum absolute atomic E-state index is 10.5. The first-order chi connectivity index (χ1) is 12.2. The van der Waals surface area contributed by atoms with Crippen LogP contribution in [0.3, 0.4) is 0 Å². The Kier molecular flexibility index (Phi) is 4.57. The monoisotopic (exact) mass is 334 g/mol. The Bertz CT molecular complexity index is 952. The molecular weight excluding hydrogens is 316 g/mol. The third-order valence-electron chi connectivity index (χ3n) is 3.81. The van der Waals surface area contributed by atoms with E-state index in [4.69, 9.17) is 4.74 Å². The second-order valence-corrected chi connectivity index (χ2v) is 5.37. The number of nitrogens with zero attached hydrogens (tertiary/aromatic N) is 3. The van der Waals surface area contributed by atoms with Gasteiger partial charge in [0.15, 0.2) is 0 Å². The molecule has 3 aromatic rings. The zero-order valence-corrected chi connectivity index (χ0v) is 13.9. The van der Waals surface area contributed by atoms with Gasteiger partial charge in [-0.1, -0.05) is 6.08 Å². The van der Waals surface area contributed by atoms with E-state index in [2.05, 4.69) is 17.0 Å². The van der Waals surface area contributed by atoms with Crippen molar-refractivity contribution < 1.29 is 9.84 Å². The van der Waals surface area contributed by atoms with Crippen molar-refractivity contribution in [2.75, 3.05) is 11.9 Å². The lowest BCUT2D eigenvalue weighted by Crippen LogP contribution is -2.06. The molecule has 3 rings (SSSR count). The molecule has 2 aromatic heterocycles. The summed E-state index contributed by atoms with van der Waals surface area (Å²) in [5, 5.41) is 27.5. The van der Waals surface area contributed by atoms with Crippen molar-refractivity contribution in [2.45, 2.75) is 13.3 Å². The van der Waals surface area contributed by atoms with Crippen LogP contribution in [0.1, 0.15) is 18.1 Å². The van der Waals surface area contributed by atoms with E-state index < -0.39 is 0 Å². The topological polar surface area (TPSA) is 82.6 Å². The Morgan fingerprint density at radius 2 is 2.12 bits per heavy atom. The lowest BCUT2D eigenvalue weighted by Gasteiger charge is -2.16. The molecule has 0 aliphatic carbocycles. The summed E-state index contributed by atoms with van der Waals surface area (Å²) in [5.74, 6) is 1.33. The Morgan fingerprint density at radius 3 is 2.76 bits per heavy atom. The Hall–Kier alpha value is -3.46. The normalized spacial score (nSPS) is 10.4. The number of benzene rings is 1. The van der Waals surface area contributed by atoms with Crippen molar-refractivity contribution in [1.82, 2.24) is 9.61 Å². The fraction of sp³-hybridized carbons (Fsp3) is 0.158. The molecular formula is C19H18N4O2. The van der Waals surface area contributed by atoms with Gasteiger partial charge in [-0.3, -0.25) is 0 Å². The maximum atomic E-state index is 10.5. The van der Waals surface area contributed by atoms with Gasteiger partial charge < -0.3 is 15.2 Å². The summed E-state index contributed by atoms with van der Waals surface area (Å²) in [6.07, 6.45) is 3.67. The minimum Gasteiger partial charge on any atom is -0.506 e. The lowest BCUT2D eigenvalue weighted by atomic mass is 10.1. The summed E-state index contributed by atoms with van der Waals surface area (Å²) in [6, 6.07) is 11.2. The van der Waals surface area contributed by atoms with E-state index in [0.29, 0.717) is 29.9 Å². The van der Waals surface area contributed by atoms with Gasteiger partial charge in [-0.2, -0.15) is 10.4 Å². The van der Waals surface area contributed by atoms with Gasteiger partial charge in [-0.15, -0.1) is 6.58 Å². The molecule has 0 saturated carbocycles. The average molecular weight is 334 g/mol. The maximum Gasteiger partial charge on any atom is 0.142 e. The predicted molar refractivity (Wildman–Crippen MR) is 96.4 cm³/mol. The number of hydrogen-bond donors (Lipinski definition) is 2. The van der Waals surface area contributed by atoms with E-state index in [1.807, 2.05) is 37.3 Å². The van der Waals surface area contributed by atoms with Gasteiger partial charge in [-0.25, -0.2) is 4.52 Å². The first kappa shape index (κ1) is 16.4. The molecule has 2 heterocycles. The van der Waals surface area contributed by atoms with Crippen molar-refractivity contribution in [3.8, 4) is 17.6 Å². The Labute approximate surface area is 145 Å². The van der Waals surface area contributed by atoms with E-state index in [0.717, 1.165) is 11.4 Å². The van der Waals surface area contributed by atoms with E-state index in [9.17, 15) is 10.4 Å². The molecule has 0 radical (unpaired) electrons. The van der Waals surface area contributed by atoms with E-state index in [-0.39, 0.29) is 11.3 Å². The van der Waals surface area contributed by atoms with Crippen LogP contribution in [0, 0.1) is 11.3 Å². The van der Waals surface area contributed by atoms with Gasteiger partial charge in [0.2, 0.25) is 0 Å². The molecule has 6 heteroatoms. The number of aromatic hydroxyl groups is 1. The van der Waals surface area contributed by atoms with E-state index in [1.54, 1.807) is 22.9 Å². The molecule has 0 atom stereocenters. The minimum absolute atomic E-state index is 0.0520. The van der Waals surface area contributed by atoms with Crippen LogP contribution in [0.5, 0.6) is 11.5 Å². The summed E-state index contributed by atoms with van der Waals surface area (Å²) in [4.78, 5) is 0. The van der Waals surface area contributed by atoms with Crippen molar-refractivity contribution in [3.05, 3.63) is 60.3 Å². The molecule has 0 aliphatic heterocycles. The smallest absolute Gasteiger partial charge is 0.142 e. The number of aromatic nitrogens is 2. The molecule has 0 saturated heterocycles. The fourth-order valence-corrected chi connectivity index (χ4v) is 2.70. The van der Waals surface area contributed by atoms with Crippen LogP contribution in [0.25, 0.3) is 5.52 Å². The molecule has 1 aromatic carbocycles. The van der Waals surface area contributed by atoms with Crippen LogP contribution < -0.4 is 10.1 Å². The number of pyridine rings is 1. The predicted octanol–water partition coefficient (Wildman–Crippen LogP) is 3.78. The highest BCUT2D eigenvalue weighted by molar-refractivity contribution is 5.76. The number of nitrogens with one attached hydrogen (secondary N) is 1. The molecule has 6 nitrogen and oxygen atoms in total. The third kappa shape index (κ3) is 3.00. The van der Waals surface area contributed by atoms with Crippen LogP contribution in [-0.4, -0.2) is 21.3 Å². The van der Waals surface area contributed by atoms with Gasteiger partial charge in [0.1, 0.15) is 28.9 Å². The second kappa shape index (κ2) is 6.97. The van der Waals surface area contributed by atoms with Gasteiger partial charge in [0, 0.05) is 11.3 Å². The summed E-state index contributed by atoms with van der Waals surface area (Å²) in [6.45, 7) is 6.27. The molecule has 25 heavy (non-hydrogen) atoms. The molecule has 0 spiro atoms. The number of rotatable bonds is 6. The SMILES string of the molecule is C=CCc1c(O)c(C#N)c2ccnn2c1Nc1ccc(OCC)cc1. The summed E-state index contributed by atoms with van der Waals surface area (Å²) in [5.41, 5.74) is 2.12. The fourth-order valence-electron chi connectivity index (χ4n) is 2.70. The van der Waals surface area contributed by atoms with Gasteiger partial charge >= 0.3 is 0 Å². The molecule has 126 valence electrons. The number of anilines is 2. The highest BCUT2D eigenvalue weighted by atomic mass is 16.5. The van der Waals surface area contributed by atoms with Crippen LogP contribution >= 0.6 is 0 Å². The lowest BCUT2D eigenvalue weighted by molar-refractivity contribution is 0.340. The van der Waals surface area contributed by atoms with Crippen LogP contribution in [0.4, 0.5) is 11.5 Å². The summed E-state index contributed by atoms with van der Waals surface area (Å²) >= 11 is 0. The van der Waals surface area contributed by atoms with Crippen LogP contribution in [0.2, 0.25) is 0 Å². The number of fused-ring (bicyclic) bond motifs is 1. The van der Waals surface area contributed by atoms with Crippen molar-refractivity contribution in [3.63, 3.8) is 0 Å². The Morgan fingerprint density at radius 1 is 1.36 bits per heavy atom. The van der Waals surface area contributed by atoms with Crippen LogP contribution in [-0.2, 0) is 6.42 Å². The van der Waals surface area contributed by atoms with Gasteiger partial charge in [0.05, 0.1) is 18.3 Å². The first-order valence-corrected chi connectivity index (χ1v) is 7.92. The van der Waals surface area contributed by atoms with Gasteiger partial charge in [0.25, 0.3) is 0 Å². The molecule has 2 N–H and O–H groups in total. The Balaban J connectivity index is 2.11. The number of nitriles is 1. The minimum atomic E-state index is -0.0520. The van der Waals surface area contributed by atoms with E-state index >= 15 is 0 Å². The zero-order chi connectivity index (χ0) is 17.8. The highest BCUT2D eigenvalue weighted by Crippen LogP contribution is 2.35. The third-order valence-corrected chi connectivity index (χ3v) is 3.81. The standard InChI is InChI=1S/C19H18N4O2/c1-3-5-15-18(24)16(12-20)17-10-11-21-23(17)19(15)22-13-6-8-14(9-7-13)25-4-2/h3,6-11,22,24H,1,4-5H2,2H3. The molecule has 0 amide bonds. The molecule has 0 bridgehead atoms. The summed E-state index contributed by atoms with van der Waals surface area (Å²) < 4.78 is 7.06. The average Bonchev–Trinajstić information content (AvgIpc) is 3.09. The van der Waals surface area contributed by atoms with Crippen LogP contribution in [0.15, 0.2) is 49.2 Å². The molecule has 0 unspecified atom stereocenters. The van der Waals surface area contributed by atoms with E-state index in [1.165, 1.54) is 0 Å². The van der Waals surface area contributed by atoms with Crippen molar-refractivity contribution in [2.24, 2.45) is 0 Å². The quantitative estimate of drug-likeness (QED) is 0.670. The number of ether oxygens (including phenoxy) is 1. The first-order valence-electron chi connectivity index (χ1n) is 7.92. The number of allylic oxidation sites excluding steroid dienone is 1. The van der Waals surface area contributed by atoms with Gasteiger partial charge in [-0.05, 0) is 43.7 Å². The zero-order valence-electron chi connectivity index (χ0n) is 13.9. The molecule has 0 aliphatic rings. The highest BCUT2D eigenvalue weighted by Gasteiger charge is 2.19. The van der Waals surface area contributed by atoms with Crippen molar-refractivity contribution in [1.29, 1.82) is 5.26 Å². The second-order valence-electron chi connectivity index (χ2n) is 5.37. The number of hydrogen-bond acceptors (Lipinski definition) is 5.